The topological polar surface area (TPSA) is 89.6 Å². The van der Waals surface area contributed by atoms with E-state index < -0.39 is 6.10 Å². The molecule has 9 heteroatoms. The Balaban J connectivity index is 1.59. The molecule has 2 atom stereocenters. The summed E-state index contributed by atoms with van der Waals surface area (Å²) in [4.78, 5) is 0. The number of rotatable bonds is 12. The Bertz CT molecular complexity index is 1060. The lowest BCUT2D eigenvalue weighted by molar-refractivity contribution is 0.0888. The van der Waals surface area contributed by atoms with Gasteiger partial charge in [-0.1, -0.05) is 44.2 Å². The SMILES string of the molecule is CC(CCl)COc1ccc(C(C)(C)c2ccc(OCC(O)Cn3cc(CO)nn3)cc2)cc1[123I]. The molecule has 0 amide bonds. The fourth-order valence-corrected chi connectivity index (χ4v) is 4.14. The minimum absolute atomic E-state index is 0.124. The maximum atomic E-state index is 10.2. The summed E-state index contributed by atoms with van der Waals surface area (Å²) in [7, 11) is 0. The van der Waals surface area contributed by atoms with Gasteiger partial charge in [-0.15, -0.1) is 16.7 Å². The van der Waals surface area contributed by atoms with Crippen LogP contribution in [0.4, 0.5) is 0 Å². The number of aliphatic hydroxyl groups is 2. The highest BCUT2D eigenvalue weighted by Gasteiger charge is 2.24. The number of aromatic nitrogens is 3. The van der Waals surface area contributed by atoms with Gasteiger partial charge < -0.3 is 19.7 Å². The average molecular weight is 596 g/mol. The quantitative estimate of drug-likeness (QED) is 0.239. The fourth-order valence-electron chi connectivity index (χ4n) is 3.38. The molecule has 0 saturated carbocycles. The summed E-state index contributed by atoms with van der Waals surface area (Å²) in [6.07, 6.45) is 0.847. The second-order valence-corrected chi connectivity index (χ2v) is 10.4. The van der Waals surface area contributed by atoms with Crippen LogP contribution in [0.2, 0.25) is 0 Å². The van der Waals surface area contributed by atoms with E-state index in [1.165, 1.54) is 10.2 Å². The van der Waals surface area contributed by atoms with Crippen LogP contribution in [0.5, 0.6) is 11.5 Å². The normalized spacial score (nSPS) is 13.5. The zero-order valence-corrected chi connectivity index (χ0v) is 22.5. The number of hydrogen-bond acceptors (Lipinski definition) is 6. The van der Waals surface area contributed by atoms with Crippen LogP contribution in [0.15, 0.2) is 48.7 Å². The highest BCUT2D eigenvalue weighted by Crippen LogP contribution is 2.35. The minimum Gasteiger partial charge on any atom is -0.492 e. The van der Waals surface area contributed by atoms with Crippen LogP contribution in [0.1, 0.15) is 37.6 Å². The van der Waals surface area contributed by atoms with Crippen molar-refractivity contribution in [2.24, 2.45) is 5.92 Å². The third-order valence-corrected chi connectivity index (χ3v) is 6.97. The molecule has 2 N–H and O–H groups in total. The molecular weight excluding hydrogens is 565 g/mol. The van der Waals surface area contributed by atoms with Gasteiger partial charge in [0.25, 0.3) is 0 Å². The van der Waals surface area contributed by atoms with Crippen LogP contribution in [0, 0.1) is 9.49 Å². The molecule has 2 aromatic carbocycles. The van der Waals surface area contributed by atoms with E-state index in [0.29, 0.717) is 29.8 Å². The highest BCUT2D eigenvalue weighted by molar-refractivity contribution is 14.1. The minimum atomic E-state index is -0.750. The maximum absolute atomic E-state index is 10.2. The Kier molecular flexibility index (Phi) is 9.58. The van der Waals surface area contributed by atoms with Crippen LogP contribution >= 0.6 is 34.2 Å². The molecule has 0 fully saturated rings. The van der Waals surface area contributed by atoms with Crippen molar-refractivity contribution in [3.63, 3.8) is 0 Å². The second-order valence-electron chi connectivity index (χ2n) is 8.92. The Morgan fingerprint density at radius 2 is 1.79 bits per heavy atom. The van der Waals surface area contributed by atoms with Crippen LogP contribution in [0.3, 0.4) is 0 Å². The van der Waals surface area contributed by atoms with E-state index in [0.717, 1.165) is 14.9 Å². The first-order chi connectivity index (χ1) is 16.2. The monoisotopic (exact) mass is 595 g/mol. The lowest BCUT2D eigenvalue weighted by atomic mass is 9.78. The molecule has 34 heavy (non-hydrogen) atoms. The number of halogens is 2. The molecule has 0 bridgehead atoms. The predicted molar refractivity (Wildman–Crippen MR) is 141 cm³/mol. The molecule has 0 aliphatic carbocycles. The van der Waals surface area contributed by atoms with Gasteiger partial charge in [0.15, 0.2) is 0 Å². The molecule has 3 rings (SSSR count). The van der Waals surface area contributed by atoms with E-state index in [9.17, 15) is 5.11 Å². The van der Waals surface area contributed by atoms with Gasteiger partial charge in [-0.05, 0) is 58.0 Å². The molecule has 1 heterocycles. The van der Waals surface area contributed by atoms with Gasteiger partial charge in [-0.2, -0.15) is 0 Å². The summed E-state index contributed by atoms with van der Waals surface area (Å²) >= 11 is 8.19. The summed E-state index contributed by atoms with van der Waals surface area (Å²) in [6.45, 7) is 7.22. The molecule has 0 aliphatic heterocycles. The van der Waals surface area contributed by atoms with E-state index in [1.807, 2.05) is 30.3 Å². The van der Waals surface area contributed by atoms with Crippen molar-refractivity contribution < 1.29 is 19.7 Å². The van der Waals surface area contributed by atoms with E-state index >= 15 is 0 Å². The van der Waals surface area contributed by atoms with Gasteiger partial charge >= 0.3 is 0 Å². The highest BCUT2D eigenvalue weighted by atomic mass is 123. The zero-order valence-electron chi connectivity index (χ0n) is 19.6. The molecule has 0 radical (unpaired) electrons. The molecule has 0 spiro atoms. The average Bonchev–Trinajstić information content (AvgIpc) is 3.29. The Morgan fingerprint density at radius 3 is 2.41 bits per heavy atom. The summed E-state index contributed by atoms with van der Waals surface area (Å²) < 4.78 is 14.2. The van der Waals surface area contributed by atoms with Crippen LogP contribution in [-0.2, 0) is 18.6 Å². The van der Waals surface area contributed by atoms with Crippen molar-refractivity contribution in [2.45, 2.75) is 45.4 Å². The Hall–Kier alpha value is -1.88. The van der Waals surface area contributed by atoms with Crippen molar-refractivity contribution >= 4 is 34.2 Å². The number of alkyl halides is 1. The van der Waals surface area contributed by atoms with Crippen molar-refractivity contribution in [3.05, 3.63) is 69.1 Å². The predicted octanol–water partition coefficient (Wildman–Crippen LogP) is 4.39. The number of benzene rings is 2. The van der Waals surface area contributed by atoms with Crippen molar-refractivity contribution in [3.8, 4) is 11.5 Å². The van der Waals surface area contributed by atoms with E-state index in [4.69, 9.17) is 26.2 Å². The standard InChI is InChI=1S/C25H31ClIN3O4/c1-17(11-26)15-34-24-9-6-19(10-23(24)27)25(2,3)18-4-7-22(8-5-18)33-16-21(32)13-30-12-20(14-31)28-29-30/h4-10,12,17,21,31-32H,11,13-16H2,1-3H3/i27-4. The number of aliphatic hydroxyl groups excluding tert-OH is 2. The van der Waals surface area contributed by atoms with E-state index in [2.05, 4.69) is 65.8 Å². The largest absolute Gasteiger partial charge is 0.492 e. The van der Waals surface area contributed by atoms with Crippen LogP contribution < -0.4 is 9.47 Å². The fraction of sp³-hybridized carbons (Fsp3) is 0.440. The van der Waals surface area contributed by atoms with Crippen LogP contribution in [0.25, 0.3) is 0 Å². The smallest absolute Gasteiger partial charge is 0.132 e. The summed E-state index contributed by atoms with van der Waals surface area (Å²) in [5.41, 5.74) is 2.59. The summed E-state index contributed by atoms with van der Waals surface area (Å²) in [5, 5.41) is 26.9. The summed E-state index contributed by atoms with van der Waals surface area (Å²) in [6, 6.07) is 14.2. The first-order valence-corrected chi connectivity index (χ1v) is 12.7. The lowest BCUT2D eigenvalue weighted by Gasteiger charge is -2.27. The number of hydrogen-bond donors (Lipinski definition) is 2. The lowest BCUT2D eigenvalue weighted by Crippen LogP contribution is -2.24. The molecular formula is C25H31ClIN3O4. The molecule has 7 nitrogen and oxygen atoms in total. The van der Waals surface area contributed by atoms with Gasteiger partial charge in [-0.3, -0.25) is 0 Å². The van der Waals surface area contributed by atoms with Gasteiger partial charge in [0.2, 0.25) is 0 Å². The van der Waals surface area contributed by atoms with Gasteiger partial charge in [0, 0.05) is 17.2 Å². The molecule has 0 saturated heterocycles. The van der Waals surface area contributed by atoms with E-state index in [-0.39, 0.29) is 25.2 Å². The first kappa shape index (κ1) is 26.7. The first-order valence-electron chi connectivity index (χ1n) is 11.1. The maximum Gasteiger partial charge on any atom is 0.132 e. The second kappa shape index (κ2) is 12.2. The number of nitrogens with zero attached hydrogens (tertiary/aromatic N) is 3. The van der Waals surface area contributed by atoms with Crippen LogP contribution in [-0.4, -0.2) is 50.4 Å². The Labute approximate surface area is 219 Å². The van der Waals surface area contributed by atoms with Crippen molar-refractivity contribution in [1.82, 2.24) is 15.0 Å². The molecule has 3 aromatic rings. The molecule has 1 aromatic heterocycles. The third-order valence-electron chi connectivity index (χ3n) is 5.60. The van der Waals surface area contributed by atoms with Gasteiger partial charge in [0.05, 0.1) is 29.5 Å². The van der Waals surface area contributed by atoms with Gasteiger partial charge in [-0.25, -0.2) is 4.68 Å². The number of ether oxygens (including phenoxy) is 2. The molecule has 2 unspecified atom stereocenters. The van der Waals surface area contributed by atoms with E-state index in [1.54, 1.807) is 6.20 Å². The zero-order chi connectivity index (χ0) is 24.7. The molecule has 0 aliphatic rings. The van der Waals surface area contributed by atoms with Crippen molar-refractivity contribution in [2.75, 3.05) is 19.1 Å². The molecule has 184 valence electrons. The van der Waals surface area contributed by atoms with Gasteiger partial charge in [0.1, 0.15) is 29.9 Å². The Morgan fingerprint density at radius 1 is 1.09 bits per heavy atom. The van der Waals surface area contributed by atoms with Crippen molar-refractivity contribution in [1.29, 1.82) is 0 Å². The third kappa shape index (κ3) is 7.07. The summed E-state index contributed by atoms with van der Waals surface area (Å²) in [5.74, 6) is 2.43.